The number of nitrogens with two attached hydrogens (primary N) is 1. The second kappa shape index (κ2) is 7.44. The summed E-state index contributed by atoms with van der Waals surface area (Å²) in [5.74, 6) is 0.657. The van der Waals surface area contributed by atoms with Gasteiger partial charge in [0.25, 0.3) is 0 Å². The molecule has 1 saturated carbocycles. The highest BCUT2D eigenvalue weighted by molar-refractivity contribution is 8.26. The lowest BCUT2D eigenvalue weighted by atomic mass is 10.1. The van der Waals surface area contributed by atoms with E-state index in [4.69, 9.17) is 26.3 Å². The number of amidine groups is 1. The molecule has 7 heteroatoms. The van der Waals surface area contributed by atoms with E-state index in [2.05, 4.69) is 4.98 Å². The molecule has 27 heavy (non-hydrogen) atoms. The summed E-state index contributed by atoms with van der Waals surface area (Å²) in [7, 11) is 0. The minimum absolute atomic E-state index is 0.0900. The molecule has 0 aliphatic heterocycles. The summed E-state index contributed by atoms with van der Waals surface area (Å²) < 4.78 is 6.04. The second-order valence-electron chi connectivity index (χ2n) is 6.64. The number of hydrogen-bond donors (Lipinski definition) is 4. The zero-order valence-corrected chi connectivity index (χ0v) is 15.6. The third-order valence-electron chi connectivity index (χ3n) is 4.75. The van der Waals surface area contributed by atoms with E-state index < -0.39 is 0 Å². The van der Waals surface area contributed by atoms with E-state index in [0.717, 1.165) is 52.3 Å². The Morgan fingerprint density at radius 3 is 2.78 bits per heavy atom. The Balaban J connectivity index is 1.66. The third-order valence-corrected chi connectivity index (χ3v) is 5.40. The molecule has 0 spiro atoms. The molecule has 6 nitrogen and oxygen atoms in total. The normalized spacial score (nSPS) is 14.5. The van der Waals surface area contributed by atoms with Crippen molar-refractivity contribution in [1.82, 2.24) is 9.97 Å². The predicted octanol–water partition coefficient (Wildman–Crippen LogP) is 4.50. The lowest BCUT2D eigenvalue weighted by molar-refractivity contribution is 0.201. The Morgan fingerprint density at radius 2 is 2.00 bits per heavy atom. The number of aromatic amines is 1. The molecule has 0 radical (unpaired) electrons. The number of H-pyrrole nitrogens is 1. The van der Waals surface area contributed by atoms with Crippen molar-refractivity contribution in [1.29, 1.82) is 10.8 Å². The summed E-state index contributed by atoms with van der Waals surface area (Å²) in [6.07, 6.45) is 6.83. The van der Waals surface area contributed by atoms with Crippen molar-refractivity contribution >= 4 is 32.9 Å². The molecule has 1 aliphatic carbocycles. The second-order valence-corrected chi connectivity index (χ2v) is 7.70. The van der Waals surface area contributed by atoms with Gasteiger partial charge in [-0.15, -0.1) is 0 Å². The topological polar surface area (TPSA) is 112 Å². The average molecular weight is 379 g/mol. The van der Waals surface area contributed by atoms with Crippen LogP contribution < -0.4 is 10.5 Å². The number of thioether (sulfide) groups is 1. The Hall–Kier alpha value is -2.80. The Kier molecular flexibility index (Phi) is 4.85. The molecule has 2 aromatic heterocycles. The molecule has 0 unspecified atom stereocenters. The lowest BCUT2D eigenvalue weighted by Gasteiger charge is -2.12. The number of hydrogen-bond acceptors (Lipinski definition) is 5. The number of rotatable bonds is 4. The van der Waals surface area contributed by atoms with Crippen molar-refractivity contribution in [2.45, 2.75) is 31.8 Å². The van der Waals surface area contributed by atoms with Crippen LogP contribution in [0.1, 0.15) is 31.2 Å². The van der Waals surface area contributed by atoms with Gasteiger partial charge in [-0.2, -0.15) is 0 Å². The van der Waals surface area contributed by atoms with Gasteiger partial charge < -0.3 is 15.5 Å². The number of fused-ring (bicyclic) bond motifs is 1. The Morgan fingerprint density at radius 1 is 1.19 bits per heavy atom. The number of nitrogens with zero attached hydrogens (tertiary/aromatic N) is 1. The highest BCUT2D eigenvalue weighted by Gasteiger charge is 2.18. The van der Waals surface area contributed by atoms with Crippen molar-refractivity contribution < 1.29 is 4.74 Å². The van der Waals surface area contributed by atoms with Crippen LogP contribution in [0.15, 0.2) is 42.6 Å². The summed E-state index contributed by atoms with van der Waals surface area (Å²) in [6.45, 7) is 0. The van der Waals surface area contributed by atoms with Crippen LogP contribution in [-0.4, -0.2) is 26.3 Å². The zero-order valence-electron chi connectivity index (χ0n) is 14.8. The largest absolute Gasteiger partial charge is 0.474 e. The van der Waals surface area contributed by atoms with Crippen LogP contribution in [0, 0.1) is 10.8 Å². The molecule has 1 aliphatic rings. The number of nitrogens with one attached hydrogen (secondary N) is 3. The van der Waals surface area contributed by atoms with E-state index in [9.17, 15) is 0 Å². The highest BCUT2D eigenvalue weighted by atomic mass is 32.2. The van der Waals surface area contributed by atoms with Gasteiger partial charge in [0.15, 0.2) is 5.17 Å². The lowest BCUT2D eigenvalue weighted by Crippen LogP contribution is -2.11. The number of aromatic nitrogens is 2. The molecular weight excluding hydrogens is 358 g/mol. The first-order valence-corrected chi connectivity index (χ1v) is 9.78. The van der Waals surface area contributed by atoms with Gasteiger partial charge in [0.05, 0.1) is 5.69 Å². The standard InChI is InChI=1S/C20H21N5OS/c21-19(27-20(22)23)12-8-9-16-14(10-12)15(11-24-16)17-6-3-7-18(25-17)26-13-4-1-2-5-13/h3,6-11,13,21,24H,1-2,4-5H2,(H3,22,23). The molecule has 1 aromatic carbocycles. The fraction of sp³-hybridized carbons (Fsp3) is 0.250. The maximum atomic E-state index is 8.12. The monoisotopic (exact) mass is 379 g/mol. The number of ether oxygens (including phenoxy) is 1. The predicted molar refractivity (Wildman–Crippen MR) is 111 cm³/mol. The Bertz CT molecular complexity index is 1010. The molecule has 1 fully saturated rings. The van der Waals surface area contributed by atoms with E-state index in [1.54, 1.807) is 0 Å². The van der Waals surface area contributed by atoms with Gasteiger partial charge in [-0.25, -0.2) is 4.98 Å². The summed E-state index contributed by atoms with van der Waals surface area (Å²) in [5, 5.41) is 16.6. The van der Waals surface area contributed by atoms with Crippen LogP contribution in [0.25, 0.3) is 22.2 Å². The quantitative estimate of drug-likeness (QED) is 0.395. The SMILES string of the molecule is N=C(N)SC(=N)c1ccc2[nH]cc(-c3cccc(OC4CCCC4)n3)c2c1. The molecule has 3 aromatic rings. The molecule has 0 saturated heterocycles. The summed E-state index contributed by atoms with van der Waals surface area (Å²) >= 11 is 0.939. The van der Waals surface area contributed by atoms with Gasteiger partial charge in [-0.05, 0) is 55.6 Å². The van der Waals surface area contributed by atoms with Gasteiger partial charge in [0.1, 0.15) is 11.1 Å². The van der Waals surface area contributed by atoms with Crippen LogP contribution in [-0.2, 0) is 0 Å². The smallest absolute Gasteiger partial charge is 0.214 e. The minimum atomic E-state index is -0.0900. The van der Waals surface area contributed by atoms with E-state index in [1.807, 2.05) is 42.6 Å². The first kappa shape index (κ1) is 17.6. The fourth-order valence-electron chi connectivity index (χ4n) is 3.45. The molecule has 2 heterocycles. The van der Waals surface area contributed by atoms with Crippen LogP contribution in [0.3, 0.4) is 0 Å². The average Bonchev–Trinajstić information content (AvgIpc) is 3.30. The maximum Gasteiger partial charge on any atom is 0.214 e. The Labute approximate surface area is 161 Å². The van der Waals surface area contributed by atoms with Crippen LogP contribution in [0.2, 0.25) is 0 Å². The summed E-state index contributed by atoms with van der Waals surface area (Å²) in [4.78, 5) is 7.96. The summed E-state index contributed by atoms with van der Waals surface area (Å²) in [5.41, 5.74) is 8.89. The first-order valence-electron chi connectivity index (χ1n) is 8.96. The minimum Gasteiger partial charge on any atom is -0.474 e. The van der Waals surface area contributed by atoms with Crippen molar-refractivity contribution in [2.75, 3.05) is 0 Å². The fourth-order valence-corrected chi connectivity index (χ4v) is 3.91. The van der Waals surface area contributed by atoms with E-state index in [1.165, 1.54) is 12.8 Å². The molecule has 0 amide bonds. The summed E-state index contributed by atoms with van der Waals surface area (Å²) in [6, 6.07) is 11.6. The highest BCUT2D eigenvalue weighted by Crippen LogP contribution is 2.31. The third kappa shape index (κ3) is 3.83. The van der Waals surface area contributed by atoms with Crippen molar-refractivity contribution in [3.8, 4) is 17.1 Å². The number of pyridine rings is 1. The molecule has 138 valence electrons. The van der Waals surface area contributed by atoms with Gasteiger partial charge in [-0.1, -0.05) is 12.1 Å². The first-order chi connectivity index (χ1) is 13.1. The zero-order chi connectivity index (χ0) is 18.8. The van der Waals surface area contributed by atoms with Gasteiger partial charge >= 0.3 is 0 Å². The van der Waals surface area contributed by atoms with Gasteiger partial charge in [0, 0.05) is 34.3 Å². The molecule has 0 bridgehead atoms. The molecular formula is C20H21N5OS. The van der Waals surface area contributed by atoms with Gasteiger partial charge in [-0.3, -0.25) is 10.8 Å². The molecule has 0 atom stereocenters. The van der Waals surface area contributed by atoms with Crippen LogP contribution >= 0.6 is 11.8 Å². The van der Waals surface area contributed by atoms with Crippen LogP contribution in [0.5, 0.6) is 5.88 Å². The van der Waals surface area contributed by atoms with E-state index in [-0.39, 0.29) is 16.3 Å². The van der Waals surface area contributed by atoms with Crippen LogP contribution in [0.4, 0.5) is 0 Å². The molecule has 5 N–H and O–H groups in total. The van der Waals surface area contributed by atoms with E-state index >= 15 is 0 Å². The van der Waals surface area contributed by atoms with Crippen molar-refractivity contribution in [3.63, 3.8) is 0 Å². The van der Waals surface area contributed by atoms with Crippen molar-refractivity contribution in [3.05, 3.63) is 48.2 Å². The number of benzene rings is 1. The van der Waals surface area contributed by atoms with E-state index in [0.29, 0.717) is 5.88 Å². The van der Waals surface area contributed by atoms with Gasteiger partial charge in [0.2, 0.25) is 5.88 Å². The molecule has 4 rings (SSSR count). The van der Waals surface area contributed by atoms with Crippen molar-refractivity contribution in [2.24, 2.45) is 5.73 Å². The maximum absolute atomic E-state index is 8.12.